The van der Waals surface area contributed by atoms with Crippen LogP contribution in [0, 0.1) is 12.8 Å². The van der Waals surface area contributed by atoms with Crippen LogP contribution in [0.4, 0.5) is 0 Å². The summed E-state index contributed by atoms with van der Waals surface area (Å²) in [6, 6.07) is 9.61. The normalized spacial score (nSPS) is 17.4. The quantitative estimate of drug-likeness (QED) is 0.803. The van der Waals surface area contributed by atoms with Crippen LogP contribution in [0.5, 0.6) is 0 Å². The van der Waals surface area contributed by atoms with Gasteiger partial charge >= 0.3 is 0 Å². The van der Waals surface area contributed by atoms with Crippen molar-refractivity contribution in [3.8, 4) is 11.3 Å². The minimum atomic E-state index is -0.243. The maximum absolute atomic E-state index is 12.7. The van der Waals surface area contributed by atoms with Crippen LogP contribution in [-0.2, 0) is 4.79 Å². The molecular weight excluding hydrogens is 342 g/mol. The van der Waals surface area contributed by atoms with Crippen molar-refractivity contribution in [2.75, 3.05) is 26.2 Å². The summed E-state index contributed by atoms with van der Waals surface area (Å²) in [5.74, 6) is 0.0891. The highest BCUT2D eigenvalue weighted by molar-refractivity contribution is 5.99. The average Bonchev–Trinajstić information content (AvgIpc) is 2.68. The lowest BCUT2D eigenvalue weighted by Gasteiger charge is -2.31. The fraction of sp³-hybridized carbons (Fsp3) is 0.400. The molecular formula is C20H25N5O2. The Labute approximate surface area is 159 Å². The van der Waals surface area contributed by atoms with Gasteiger partial charge in [0.2, 0.25) is 5.91 Å². The van der Waals surface area contributed by atoms with Gasteiger partial charge < -0.3 is 16.0 Å². The Morgan fingerprint density at radius 3 is 2.81 bits per heavy atom. The molecule has 142 valence electrons. The molecule has 3 rings (SSSR count). The number of hydrogen-bond acceptors (Lipinski definition) is 5. The number of benzene rings is 1. The SMILES string of the molecule is Cc1ncc(C(=O)NCCN2CCC[C@H](C(N)=O)C2)c(-c2ccccc2)n1. The highest BCUT2D eigenvalue weighted by Gasteiger charge is 2.23. The van der Waals surface area contributed by atoms with Crippen LogP contribution in [0.2, 0.25) is 0 Å². The maximum Gasteiger partial charge on any atom is 0.255 e. The van der Waals surface area contributed by atoms with E-state index in [2.05, 4.69) is 20.2 Å². The summed E-state index contributed by atoms with van der Waals surface area (Å²) in [5, 5.41) is 2.94. The molecule has 0 unspecified atom stereocenters. The number of aryl methyl sites for hydroxylation is 1. The van der Waals surface area contributed by atoms with Crippen LogP contribution in [-0.4, -0.2) is 52.9 Å². The summed E-state index contributed by atoms with van der Waals surface area (Å²) < 4.78 is 0. The number of rotatable bonds is 6. The van der Waals surface area contributed by atoms with Crippen molar-refractivity contribution < 1.29 is 9.59 Å². The first-order chi connectivity index (χ1) is 13.0. The summed E-state index contributed by atoms with van der Waals surface area (Å²) in [5.41, 5.74) is 7.39. The molecule has 0 saturated carbocycles. The average molecular weight is 367 g/mol. The zero-order valence-electron chi connectivity index (χ0n) is 15.5. The van der Waals surface area contributed by atoms with Crippen molar-refractivity contribution in [3.05, 3.63) is 47.9 Å². The Morgan fingerprint density at radius 1 is 1.30 bits per heavy atom. The molecule has 0 spiro atoms. The molecule has 7 nitrogen and oxygen atoms in total. The molecule has 1 aromatic heterocycles. The third-order valence-corrected chi connectivity index (χ3v) is 4.82. The first kappa shape index (κ1) is 19.0. The predicted molar refractivity (Wildman–Crippen MR) is 103 cm³/mol. The minimum Gasteiger partial charge on any atom is -0.369 e. The Kier molecular flexibility index (Phi) is 6.13. The Hall–Kier alpha value is -2.80. The molecule has 0 aliphatic carbocycles. The molecule has 1 aliphatic heterocycles. The number of primary amides is 1. The molecule has 0 radical (unpaired) electrons. The zero-order chi connectivity index (χ0) is 19.2. The monoisotopic (exact) mass is 367 g/mol. The summed E-state index contributed by atoms with van der Waals surface area (Å²) in [6.07, 6.45) is 3.37. The van der Waals surface area contributed by atoms with Crippen molar-refractivity contribution in [3.63, 3.8) is 0 Å². The number of likely N-dealkylation sites (tertiary alicyclic amines) is 1. The Bertz CT molecular complexity index is 809. The smallest absolute Gasteiger partial charge is 0.255 e. The molecule has 7 heteroatoms. The van der Waals surface area contributed by atoms with Gasteiger partial charge in [-0.3, -0.25) is 9.59 Å². The van der Waals surface area contributed by atoms with E-state index >= 15 is 0 Å². The third-order valence-electron chi connectivity index (χ3n) is 4.82. The molecule has 1 aliphatic rings. The molecule has 3 N–H and O–H groups in total. The fourth-order valence-corrected chi connectivity index (χ4v) is 3.37. The van der Waals surface area contributed by atoms with Gasteiger partial charge in [0.15, 0.2) is 0 Å². The summed E-state index contributed by atoms with van der Waals surface area (Å²) in [6.45, 7) is 4.56. The molecule has 2 aromatic rings. The van der Waals surface area contributed by atoms with E-state index in [1.54, 1.807) is 13.1 Å². The molecule has 27 heavy (non-hydrogen) atoms. The third kappa shape index (κ3) is 4.89. The van der Waals surface area contributed by atoms with Gasteiger partial charge in [-0.15, -0.1) is 0 Å². The van der Waals surface area contributed by atoms with E-state index in [-0.39, 0.29) is 17.7 Å². The van der Waals surface area contributed by atoms with Crippen LogP contribution < -0.4 is 11.1 Å². The van der Waals surface area contributed by atoms with E-state index in [0.717, 1.165) is 24.9 Å². The lowest BCUT2D eigenvalue weighted by Crippen LogP contribution is -2.44. The van der Waals surface area contributed by atoms with Gasteiger partial charge in [-0.2, -0.15) is 0 Å². The number of nitrogens with one attached hydrogen (secondary N) is 1. The number of carbonyl (C=O) groups excluding carboxylic acids is 2. The Morgan fingerprint density at radius 2 is 2.07 bits per heavy atom. The van der Waals surface area contributed by atoms with E-state index in [1.807, 2.05) is 30.3 Å². The van der Waals surface area contributed by atoms with Gasteiger partial charge in [0.25, 0.3) is 5.91 Å². The van der Waals surface area contributed by atoms with Crippen molar-refractivity contribution in [1.82, 2.24) is 20.2 Å². The molecule has 1 aromatic carbocycles. The number of amides is 2. The molecule has 1 fully saturated rings. The largest absolute Gasteiger partial charge is 0.369 e. The maximum atomic E-state index is 12.7. The lowest BCUT2D eigenvalue weighted by atomic mass is 9.97. The van der Waals surface area contributed by atoms with Crippen LogP contribution in [0.15, 0.2) is 36.5 Å². The highest BCUT2D eigenvalue weighted by Crippen LogP contribution is 2.21. The van der Waals surface area contributed by atoms with Crippen molar-refractivity contribution in [2.45, 2.75) is 19.8 Å². The van der Waals surface area contributed by atoms with E-state index in [0.29, 0.717) is 36.7 Å². The van der Waals surface area contributed by atoms with Crippen LogP contribution in [0.25, 0.3) is 11.3 Å². The zero-order valence-corrected chi connectivity index (χ0v) is 15.5. The van der Waals surface area contributed by atoms with E-state index < -0.39 is 0 Å². The molecule has 0 bridgehead atoms. The van der Waals surface area contributed by atoms with Crippen LogP contribution >= 0.6 is 0 Å². The standard InChI is InChI=1S/C20H25N5O2/c1-14-23-12-17(18(24-14)15-6-3-2-4-7-15)20(27)22-9-11-25-10-5-8-16(13-25)19(21)26/h2-4,6-7,12,16H,5,8-11,13H2,1H3,(H2,21,26)(H,22,27)/t16-/m0/s1. The second kappa shape index (κ2) is 8.73. The molecule has 1 atom stereocenters. The van der Waals surface area contributed by atoms with Crippen LogP contribution in [0.3, 0.4) is 0 Å². The number of nitrogens with two attached hydrogens (primary N) is 1. The number of hydrogen-bond donors (Lipinski definition) is 2. The molecule has 2 heterocycles. The highest BCUT2D eigenvalue weighted by atomic mass is 16.2. The van der Waals surface area contributed by atoms with Gasteiger partial charge in [-0.05, 0) is 26.3 Å². The van der Waals surface area contributed by atoms with Crippen molar-refractivity contribution in [2.24, 2.45) is 11.7 Å². The summed E-state index contributed by atoms with van der Waals surface area (Å²) in [4.78, 5) is 34.9. The minimum absolute atomic E-state index is 0.0929. The van der Waals surface area contributed by atoms with Crippen molar-refractivity contribution >= 4 is 11.8 Å². The predicted octanol–water partition coefficient (Wildman–Crippen LogP) is 1.38. The Balaban J connectivity index is 1.63. The molecule has 2 amide bonds. The van der Waals surface area contributed by atoms with Gasteiger partial charge in [-0.1, -0.05) is 30.3 Å². The first-order valence-corrected chi connectivity index (χ1v) is 9.23. The van der Waals surface area contributed by atoms with Crippen molar-refractivity contribution in [1.29, 1.82) is 0 Å². The lowest BCUT2D eigenvalue weighted by molar-refractivity contribution is -0.123. The topological polar surface area (TPSA) is 101 Å². The summed E-state index contributed by atoms with van der Waals surface area (Å²) in [7, 11) is 0. The van der Waals surface area contributed by atoms with E-state index in [4.69, 9.17) is 5.73 Å². The summed E-state index contributed by atoms with van der Waals surface area (Å²) >= 11 is 0. The first-order valence-electron chi connectivity index (χ1n) is 9.23. The van der Waals surface area contributed by atoms with E-state index in [1.165, 1.54) is 0 Å². The number of carbonyl (C=O) groups is 2. The van der Waals surface area contributed by atoms with Gasteiger partial charge in [0.05, 0.1) is 17.2 Å². The number of aromatic nitrogens is 2. The van der Waals surface area contributed by atoms with Crippen LogP contribution in [0.1, 0.15) is 29.0 Å². The van der Waals surface area contributed by atoms with Gasteiger partial charge in [-0.25, -0.2) is 9.97 Å². The second-order valence-electron chi connectivity index (χ2n) is 6.84. The van der Waals surface area contributed by atoms with Gasteiger partial charge in [0.1, 0.15) is 5.82 Å². The number of nitrogens with zero attached hydrogens (tertiary/aromatic N) is 3. The fourth-order valence-electron chi connectivity index (χ4n) is 3.37. The number of piperidine rings is 1. The van der Waals surface area contributed by atoms with Gasteiger partial charge in [0, 0.05) is 31.4 Å². The molecule has 1 saturated heterocycles. The van der Waals surface area contributed by atoms with E-state index in [9.17, 15) is 9.59 Å². The second-order valence-corrected chi connectivity index (χ2v) is 6.84.